The van der Waals surface area contributed by atoms with E-state index in [9.17, 15) is 38.4 Å². The molecule has 348 valence electrons. The molecular weight excluding hydrogens is 752 g/mol. The van der Waals surface area contributed by atoms with Crippen LogP contribution in [0.3, 0.4) is 0 Å². The number of likely N-dealkylation sites (N-methyl/N-ethyl adjacent to an activating group) is 3. The number of aldehydes is 4. The number of nitrogens with one attached hydrogen (secondary N) is 4. The van der Waals surface area contributed by atoms with Crippen LogP contribution >= 0.6 is 0 Å². The van der Waals surface area contributed by atoms with E-state index in [2.05, 4.69) is 83.6 Å². The number of carboxylic acids is 4. The molecule has 0 aliphatic rings. The van der Waals surface area contributed by atoms with Crippen LogP contribution in [-0.2, 0) is 38.4 Å². The molecule has 16 heteroatoms. The Morgan fingerprint density at radius 3 is 0.707 bits per heavy atom. The normalized spacial score (nSPS) is 11.3. The van der Waals surface area contributed by atoms with Gasteiger partial charge in [-0.3, -0.25) is 19.2 Å². The number of hydrogen-bond donors (Lipinski definition) is 8. The Morgan fingerprint density at radius 1 is 0.414 bits per heavy atom. The second-order valence-corrected chi connectivity index (χ2v) is 13.5. The van der Waals surface area contributed by atoms with Crippen molar-refractivity contribution in [2.24, 2.45) is 5.92 Å². The fraction of sp³-hybridized carbons (Fsp3) is 0.810. The Hall–Kier alpha value is -3.60. The molecular formula is C42H88N4O12. The summed E-state index contributed by atoms with van der Waals surface area (Å²) < 4.78 is 0. The Labute approximate surface area is 351 Å². The summed E-state index contributed by atoms with van der Waals surface area (Å²) in [6.45, 7) is 30.7. The predicted octanol–water partition coefficient (Wildman–Crippen LogP) is 6.41. The van der Waals surface area contributed by atoms with E-state index in [0.717, 1.165) is 31.1 Å². The van der Waals surface area contributed by atoms with E-state index in [4.69, 9.17) is 20.4 Å². The van der Waals surface area contributed by atoms with Crippen molar-refractivity contribution in [2.45, 2.75) is 198 Å². The molecule has 0 aromatic rings. The van der Waals surface area contributed by atoms with E-state index in [0.29, 0.717) is 45.3 Å². The fourth-order valence-electron chi connectivity index (χ4n) is 3.18. The van der Waals surface area contributed by atoms with Crippen LogP contribution in [-0.4, -0.2) is 119 Å². The lowest BCUT2D eigenvalue weighted by molar-refractivity contribution is -0.138. The maximum atomic E-state index is 10.4. The summed E-state index contributed by atoms with van der Waals surface area (Å²) in [7, 11) is 0. The number of aliphatic carboxylic acids is 4. The van der Waals surface area contributed by atoms with Crippen molar-refractivity contribution in [3.8, 4) is 0 Å². The molecule has 0 radical (unpaired) electrons. The molecule has 0 aliphatic heterocycles. The number of hydrogen-bond acceptors (Lipinski definition) is 12. The van der Waals surface area contributed by atoms with Crippen molar-refractivity contribution in [3.63, 3.8) is 0 Å². The molecule has 0 saturated heterocycles. The van der Waals surface area contributed by atoms with Crippen LogP contribution < -0.4 is 21.3 Å². The van der Waals surface area contributed by atoms with Gasteiger partial charge in [-0.1, -0.05) is 116 Å². The van der Waals surface area contributed by atoms with E-state index in [1.165, 1.54) is 19.3 Å². The first kappa shape index (κ1) is 72.1. The van der Waals surface area contributed by atoms with Gasteiger partial charge in [-0.05, 0) is 51.2 Å². The Balaban J connectivity index is -0.0000000868. The van der Waals surface area contributed by atoms with Crippen LogP contribution in [0.5, 0.6) is 0 Å². The van der Waals surface area contributed by atoms with Gasteiger partial charge in [0.05, 0.1) is 24.2 Å². The molecule has 0 rings (SSSR count). The van der Waals surface area contributed by atoms with Gasteiger partial charge in [0.2, 0.25) is 0 Å². The molecule has 0 bridgehead atoms. The Kier molecular flexibility index (Phi) is 77.8. The highest BCUT2D eigenvalue weighted by Gasteiger charge is 2.10. The summed E-state index contributed by atoms with van der Waals surface area (Å²) in [4.78, 5) is 81.6. The minimum Gasteiger partial charge on any atom is -0.481 e. The monoisotopic (exact) mass is 841 g/mol. The number of rotatable bonds is 24. The second kappa shape index (κ2) is 62.6. The highest BCUT2D eigenvalue weighted by Crippen LogP contribution is 1.97. The van der Waals surface area contributed by atoms with Crippen molar-refractivity contribution < 1.29 is 58.8 Å². The van der Waals surface area contributed by atoms with Gasteiger partial charge in [-0.2, -0.15) is 0 Å². The molecule has 0 aromatic heterocycles. The minimum atomic E-state index is -0.868. The standard InChI is InChI=1S/C8H15NO3.3C7H13NO3.C4H10.3C3H8/c1-6(2)9-7(5-10)3-4-8(11)12;3*1-2-8-6(5-9)3-4-7(10)11;1-4(2)3;3*1-3-2/h5-7,9H,3-4H2,1-2H3,(H,11,12);3*5-6,8H,2-4H2,1H3,(H,10,11);4H,1-3H3;3*3H2,1-2H3/t7-;3*6-;;;;/m1111..../s1. The molecule has 58 heavy (non-hydrogen) atoms. The van der Waals surface area contributed by atoms with Crippen LogP contribution in [0.2, 0.25) is 0 Å². The quantitative estimate of drug-likeness (QED) is 0.0488. The van der Waals surface area contributed by atoms with E-state index in [1.54, 1.807) is 0 Å². The molecule has 0 amide bonds. The van der Waals surface area contributed by atoms with E-state index in [1.807, 2.05) is 34.6 Å². The predicted molar refractivity (Wildman–Crippen MR) is 235 cm³/mol. The van der Waals surface area contributed by atoms with Gasteiger partial charge < -0.3 is 60.9 Å². The highest BCUT2D eigenvalue weighted by atomic mass is 16.4. The van der Waals surface area contributed by atoms with Gasteiger partial charge >= 0.3 is 23.9 Å². The maximum Gasteiger partial charge on any atom is 0.303 e. The zero-order chi connectivity index (χ0) is 47.3. The SMILES string of the molecule is CC(C)C.CC(C)N[C@@H](C=O)CCC(=O)O.CCC.CCC.CCC.CCN[C@@H](C=O)CCC(=O)O.CCN[C@@H](C=O)CCC(=O)O.CCN[C@@H](C=O)CCC(=O)O. The van der Waals surface area contributed by atoms with Crippen LogP contribution in [0.15, 0.2) is 0 Å². The zero-order valence-corrected chi connectivity index (χ0v) is 38.7. The summed E-state index contributed by atoms with van der Waals surface area (Å²) in [6, 6.07) is -1.06. The lowest BCUT2D eigenvalue weighted by Crippen LogP contribution is -2.36. The van der Waals surface area contributed by atoms with Crippen LogP contribution in [0.25, 0.3) is 0 Å². The van der Waals surface area contributed by atoms with Crippen molar-refractivity contribution in [1.29, 1.82) is 0 Å². The van der Waals surface area contributed by atoms with Crippen molar-refractivity contribution in [3.05, 3.63) is 0 Å². The number of carbonyl (C=O) groups is 8. The van der Waals surface area contributed by atoms with Gasteiger partial charge in [0.25, 0.3) is 0 Å². The maximum absolute atomic E-state index is 10.4. The summed E-state index contributed by atoms with van der Waals surface area (Å²) in [5, 5.41) is 44.7. The largest absolute Gasteiger partial charge is 0.481 e. The van der Waals surface area contributed by atoms with Crippen LogP contribution in [0.1, 0.15) is 168 Å². The van der Waals surface area contributed by atoms with E-state index >= 15 is 0 Å². The van der Waals surface area contributed by atoms with Gasteiger partial charge in [-0.25, -0.2) is 0 Å². The first-order valence-corrected chi connectivity index (χ1v) is 20.8. The molecule has 0 fully saturated rings. The van der Waals surface area contributed by atoms with Gasteiger partial charge in [0.15, 0.2) is 0 Å². The lowest BCUT2D eigenvalue weighted by Gasteiger charge is -2.13. The third kappa shape index (κ3) is 99.0. The highest BCUT2D eigenvalue weighted by molar-refractivity contribution is 5.69. The number of carbonyl (C=O) groups excluding carboxylic acids is 4. The average molecular weight is 841 g/mol. The van der Waals surface area contributed by atoms with Crippen LogP contribution in [0.4, 0.5) is 0 Å². The first-order valence-electron chi connectivity index (χ1n) is 20.8. The molecule has 0 unspecified atom stereocenters. The van der Waals surface area contributed by atoms with Crippen molar-refractivity contribution in [1.82, 2.24) is 21.3 Å². The van der Waals surface area contributed by atoms with Crippen molar-refractivity contribution >= 4 is 49.0 Å². The molecule has 0 saturated carbocycles. The molecule has 0 aliphatic carbocycles. The molecule has 0 heterocycles. The topological polar surface area (TPSA) is 266 Å². The third-order valence-electron chi connectivity index (χ3n) is 5.28. The second-order valence-electron chi connectivity index (χ2n) is 13.5. The molecule has 0 aromatic carbocycles. The van der Waals surface area contributed by atoms with Gasteiger partial charge in [0.1, 0.15) is 25.1 Å². The molecule has 16 nitrogen and oxygen atoms in total. The minimum absolute atomic E-state index is 0.0309. The Bertz CT molecular complexity index is 839. The van der Waals surface area contributed by atoms with E-state index < -0.39 is 23.9 Å². The van der Waals surface area contributed by atoms with Crippen molar-refractivity contribution in [2.75, 3.05) is 19.6 Å². The average Bonchev–Trinajstić information content (AvgIpc) is 3.13. The van der Waals surface area contributed by atoms with Gasteiger partial charge in [-0.15, -0.1) is 0 Å². The zero-order valence-electron chi connectivity index (χ0n) is 38.7. The fourth-order valence-corrected chi connectivity index (χ4v) is 3.18. The molecule has 0 spiro atoms. The summed E-state index contributed by atoms with van der Waals surface area (Å²) >= 11 is 0. The first-order chi connectivity index (χ1) is 27.1. The third-order valence-corrected chi connectivity index (χ3v) is 5.28. The number of carboxylic acid groups (broad SMARTS) is 4. The molecule has 8 N–H and O–H groups in total. The van der Waals surface area contributed by atoms with Crippen LogP contribution in [0, 0.1) is 5.92 Å². The van der Waals surface area contributed by atoms with E-state index in [-0.39, 0.29) is 55.9 Å². The van der Waals surface area contributed by atoms with Gasteiger partial charge in [0, 0.05) is 31.7 Å². The summed E-state index contributed by atoms with van der Waals surface area (Å²) in [5.74, 6) is -2.63. The lowest BCUT2D eigenvalue weighted by atomic mass is 10.1. The smallest absolute Gasteiger partial charge is 0.303 e. The molecule has 4 atom stereocenters. The summed E-state index contributed by atoms with van der Waals surface area (Å²) in [5.41, 5.74) is 0. The Morgan fingerprint density at radius 2 is 0.586 bits per heavy atom. The summed E-state index contributed by atoms with van der Waals surface area (Å²) in [6.07, 6.45) is 8.34.